The molecule has 0 bridgehead atoms. The summed E-state index contributed by atoms with van der Waals surface area (Å²) in [6, 6.07) is -0.527. The number of carboxylic acid groups (broad SMARTS) is 1. The first-order chi connectivity index (χ1) is 4.80. The molecular formula is C7H15NO3. The van der Waals surface area contributed by atoms with Crippen LogP contribution in [0.15, 0.2) is 0 Å². The zero-order valence-electron chi connectivity index (χ0n) is 7.03. The van der Waals surface area contributed by atoms with Gasteiger partial charge in [-0.3, -0.25) is 4.79 Å². The molecule has 0 aliphatic carbocycles. The van der Waals surface area contributed by atoms with Gasteiger partial charge in [0.15, 0.2) is 0 Å². The van der Waals surface area contributed by atoms with E-state index in [4.69, 9.17) is 10.8 Å². The quantitative estimate of drug-likeness (QED) is 0.535. The van der Waals surface area contributed by atoms with Crippen molar-refractivity contribution in [3.8, 4) is 0 Å². The normalized spacial score (nSPS) is 17.5. The maximum absolute atomic E-state index is 10.6. The largest absolute Gasteiger partial charge is 0.481 e. The molecule has 4 N–H and O–H groups in total. The van der Waals surface area contributed by atoms with Crippen molar-refractivity contribution >= 4 is 5.97 Å². The molecule has 0 aliphatic rings. The predicted octanol–water partition coefficient (Wildman–Crippen LogP) is -0.195. The average molecular weight is 161 g/mol. The van der Waals surface area contributed by atoms with E-state index in [0.29, 0.717) is 0 Å². The van der Waals surface area contributed by atoms with Crippen LogP contribution in [0.25, 0.3) is 0 Å². The Bertz CT molecular complexity index is 154. The average Bonchev–Trinajstić information content (AvgIpc) is 1.85. The molecule has 0 aromatic heterocycles. The molecular weight excluding hydrogens is 146 g/mol. The number of hydrogen-bond donors (Lipinski definition) is 3. The number of aliphatic carboxylic acids is 1. The van der Waals surface area contributed by atoms with E-state index in [1.165, 1.54) is 13.8 Å². The van der Waals surface area contributed by atoms with Crippen LogP contribution in [0.1, 0.15) is 20.8 Å². The van der Waals surface area contributed by atoms with Crippen LogP contribution in [0.5, 0.6) is 0 Å². The second-order valence-electron chi connectivity index (χ2n) is 3.33. The van der Waals surface area contributed by atoms with Crippen molar-refractivity contribution in [2.45, 2.75) is 32.9 Å². The molecule has 66 valence electrons. The van der Waals surface area contributed by atoms with Crippen LogP contribution in [0.3, 0.4) is 0 Å². The van der Waals surface area contributed by atoms with Crippen molar-refractivity contribution in [2.75, 3.05) is 0 Å². The van der Waals surface area contributed by atoms with E-state index < -0.39 is 23.5 Å². The van der Waals surface area contributed by atoms with Crippen LogP contribution in [-0.4, -0.2) is 28.3 Å². The molecule has 4 heteroatoms. The van der Waals surface area contributed by atoms with Crippen LogP contribution < -0.4 is 5.73 Å². The maximum atomic E-state index is 10.6. The Hall–Kier alpha value is -0.610. The predicted molar refractivity (Wildman–Crippen MR) is 41.1 cm³/mol. The molecule has 0 aliphatic heterocycles. The van der Waals surface area contributed by atoms with Crippen LogP contribution in [0.2, 0.25) is 0 Å². The maximum Gasteiger partial charge on any atom is 0.311 e. The molecule has 2 atom stereocenters. The zero-order chi connectivity index (χ0) is 9.23. The number of carbonyl (C=O) groups is 1. The first kappa shape index (κ1) is 10.4. The molecule has 11 heavy (non-hydrogen) atoms. The molecule has 0 heterocycles. The first-order valence-corrected chi connectivity index (χ1v) is 3.47. The minimum absolute atomic E-state index is 0.527. The fourth-order valence-electron chi connectivity index (χ4n) is 0.784. The SMILES string of the molecule is C[C@H](N)[C@@H](O)C(C)(C)C(=O)O. The lowest BCUT2D eigenvalue weighted by Crippen LogP contribution is -2.47. The summed E-state index contributed by atoms with van der Waals surface area (Å²) >= 11 is 0. The highest BCUT2D eigenvalue weighted by Gasteiger charge is 2.37. The van der Waals surface area contributed by atoms with Crippen LogP contribution in [0.4, 0.5) is 0 Å². The molecule has 4 nitrogen and oxygen atoms in total. The van der Waals surface area contributed by atoms with Gasteiger partial charge in [-0.05, 0) is 20.8 Å². The van der Waals surface area contributed by atoms with Crippen molar-refractivity contribution in [3.05, 3.63) is 0 Å². The Balaban J connectivity index is 4.42. The minimum Gasteiger partial charge on any atom is -0.481 e. The standard InChI is InChI=1S/C7H15NO3/c1-4(8)5(9)7(2,3)6(10)11/h4-5,9H,8H2,1-3H3,(H,10,11)/t4-,5+/m0/s1. The Morgan fingerprint density at radius 1 is 1.55 bits per heavy atom. The summed E-state index contributed by atoms with van der Waals surface area (Å²) in [6.07, 6.45) is -1.01. The summed E-state index contributed by atoms with van der Waals surface area (Å²) in [4.78, 5) is 10.6. The van der Waals surface area contributed by atoms with Crippen LogP contribution in [-0.2, 0) is 4.79 Å². The molecule has 0 saturated heterocycles. The molecule has 0 amide bonds. The molecule has 0 radical (unpaired) electrons. The highest BCUT2D eigenvalue weighted by molar-refractivity contribution is 5.74. The van der Waals surface area contributed by atoms with Crippen molar-refractivity contribution in [1.82, 2.24) is 0 Å². The number of aliphatic hydroxyl groups excluding tert-OH is 1. The molecule has 0 spiro atoms. The van der Waals surface area contributed by atoms with E-state index in [2.05, 4.69) is 0 Å². The summed E-state index contributed by atoms with van der Waals surface area (Å²) in [6.45, 7) is 4.47. The number of hydrogen-bond acceptors (Lipinski definition) is 3. The second-order valence-corrected chi connectivity index (χ2v) is 3.33. The highest BCUT2D eigenvalue weighted by Crippen LogP contribution is 2.22. The molecule has 0 saturated carbocycles. The highest BCUT2D eigenvalue weighted by atomic mass is 16.4. The van der Waals surface area contributed by atoms with E-state index >= 15 is 0 Å². The Kier molecular flexibility index (Phi) is 3.02. The summed E-state index contributed by atoms with van der Waals surface area (Å²) in [7, 11) is 0. The van der Waals surface area contributed by atoms with Gasteiger partial charge in [-0.1, -0.05) is 0 Å². The van der Waals surface area contributed by atoms with Crippen LogP contribution >= 0.6 is 0 Å². The van der Waals surface area contributed by atoms with E-state index in [0.717, 1.165) is 0 Å². The molecule has 0 fully saturated rings. The minimum atomic E-state index is -1.17. The Morgan fingerprint density at radius 3 is 2.00 bits per heavy atom. The van der Waals surface area contributed by atoms with E-state index in [9.17, 15) is 9.90 Å². The third-order valence-corrected chi connectivity index (χ3v) is 1.79. The second kappa shape index (κ2) is 3.19. The first-order valence-electron chi connectivity index (χ1n) is 3.47. The summed E-state index contributed by atoms with van der Waals surface area (Å²) in [5.41, 5.74) is 4.17. The van der Waals surface area contributed by atoms with Gasteiger partial charge in [0.05, 0.1) is 11.5 Å². The number of carboxylic acids is 1. The molecule has 0 aromatic carbocycles. The summed E-state index contributed by atoms with van der Waals surface area (Å²) in [5.74, 6) is -1.04. The van der Waals surface area contributed by atoms with E-state index in [1.807, 2.05) is 0 Å². The van der Waals surface area contributed by atoms with Gasteiger partial charge in [0.1, 0.15) is 0 Å². The van der Waals surface area contributed by atoms with E-state index in [1.54, 1.807) is 6.92 Å². The lowest BCUT2D eigenvalue weighted by atomic mass is 9.83. The van der Waals surface area contributed by atoms with Gasteiger partial charge in [-0.15, -0.1) is 0 Å². The summed E-state index contributed by atoms with van der Waals surface area (Å²) < 4.78 is 0. The van der Waals surface area contributed by atoms with Crippen molar-refractivity contribution in [2.24, 2.45) is 11.1 Å². The Morgan fingerprint density at radius 2 is 1.91 bits per heavy atom. The lowest BCUT2D eigenvalue weighted by molar-refractivity contribution is -0.154. The van der Waals surface area contributed by atoms with Crippen LogP contribution in [0, 0.1) is 5.41 Å². The number of nitrogens with two attached hydrogens (primary N) is 1. The van der Waals surface area contributed by atoms with E-state index in [-0.39, 0.29) is 0 Å². The van der Waals surface area contributed by atoms with Crippen molar-refractivity contribution in [1.29, 1.82) is 0 Å². The lowest BCUT2D eigenvalue weighted by Gasteiger charge is -2.28. The van der Waals surface area contributed by atoms with Crippen molar-refractivity contribution < 1.29 is 15.0 Å². The number of rotatable bonds is 3. The topological polar surface area (TPSA) is 83.5 Å². The van der Waals surface area contributed by atoms with Gasteiger partial charge in [-0.25, -0.2) is 0 Å². The fourth-order valence-corrected chi connectivity index (χ4v) is 0.784. The smallest absolute Gasteiger partial charge is 0.311 e. The molecule has 0 rings (SSSR count). The molecule has 0 aromatic rings. The Labute approximate surface area is 66.0 Å². The van der Waals surface area contributed by atoms with Gasteiger partial charge in [0, 0.05) is 6.04 Å². The third kappa shape index (κ3) is 2.17. The van der Waals surface area contributed by atoms with Crippen molar-refractivity contribution in [3.63, 3.8) is 0 Å². The van der Waals surface area contributed by atoms with Gasteiger partial charge in [-0.2, -0.15) is 0 Å². The van der Waals surface area contributed by atoms with Gasteiger partial charge < -0.3 is 15.9 Å². The third-order valence-electron chi connectivity index (χ3n) is 1.79. The molecule has 0 unspecified atom stereocenters. The fraction of sp³-hybridized carbons (Fsp3) is 0.857. The van der Waals surface area contributed by atoms with Gasteiger partial charge in [0.25, 0.3) is 0 Å². The van der Waals surface area contributed by atoms with Gasteiger partial charge >= 0.3 is 5.97 Å². The zero-order valence-corrected chi connectivity index (χ0v) is 7.03. The number of aliphatic hydroxyl groups is 1. The monoisotopic (exact) mass is 161 g/mol. The summed E-state index contributed by atoms with van der Waals surface area (Å²) in [5, 5.41) is 18.0. The van der Waals surface area contributed by atoms with Gasteiger partial charge in [0.2, 0.25) is 0 Å².